The summed E-state index contributed by atoms with van der Waals surface area (Å²) in [5, 5.41) is 19.4. The summed E-state index contributed by atoms with van der Waals surface area (Å²) in [6.07, 6.45) is 20.2. The van der Waals surface area contributed by atoms with Crippen LogP contribution in [0.15, 0.2) is 18.2 Å². The van der Waals surface area contributed by atoms with Gasteiger partial charge in [-0.2, -0.15) is 0 Å². The van der Waals surface area contributed by atoms with Crippen molar-refractivity contribution < 1.29 is 10.2 Å². The lowest BCUT2D eigenvalue weighted by Crippen LogP contribution is -1.82. The molecule has 1 rings (SSSR count). The lowest BCUT2D eigenvalue weighted by atomic mass is 10.0. The van der Waals surface area contributed by atoms with Crippen LogP contribution in [0.25, 0.3) is 6.08 Å². The first-order valence-electron chi connectivity index (χ1n) is 9.84. The fourth-order valence-electron chi connectivity index (χ4n) is 2.95. The highest BCUT2D eigenvalue weighted by Crippen LogP contribution is 2.28. The Kier molecular flexibility index (Phi) is 11.1. The van der Waals surface area contributed by atoms with Crippen molar-refractivity contribution >= 4 is 6.08 Å². The minimum atomic E-state index is 0.157. The second kappa shape index (κ2) is 12.9. The van der Waals surface area contributed by atoms with Gasteiger partial charge >= 0.3 is 0 Å². The minimum absolute atomic E-state index is 0.157. The molecular formula is C22H36O2. The summed E-state index contributed by atoms with van der Waals surface area (Å²) in [4.78, 5) is 0. The molecule has 0 fully saturated rings. The van der Waals surface area contributed by atoms with Gasteiger partial charge in [0.15, 0.2) is 0 Å². The van der Waals surface area contributed by atoms with E-state index in [2.05, 4.69) is 13.0 Å². The van der Waals surface area contributed by atoms with Gasteiger partial charge in [-0.25, -0.2) is 0 Å². The molecule has 0 atom stereocenters. The van der Waals surface area contributed by atoms with Crippen molar-refractivity contribution in [2.75, 3.05) is 0 Å². The number of allylic oxidation sites excluding steroid dienone is 1. The molecule has 1 aromatic rings. The summed E-state index contributed by atoms with van der Waals surface area (Å²) in [6, 6.07) is 3.40. The number of benzene rings is 1. The molecule has 0 heterocycles. The molecule has 2 heteroatoms. The van der Waals surface area contributed by atoms with E-state index in [0.29, 0.717) is 5.56 Å². The normalized spacial score (nSPS) is 11.4. The molecule has 0 bridgehead atoms. The summed E-state index contributed by atoms with van der Waals surface area (Å²) in [5.74, 6) is 0.314. The van der Waals surface area contributed by atoms with Crippen LogP contribution in [0.1, 0.15) is 95.1 Å². The standard InChI is InChI=1S/C22H36O2/c1-3-4-5-6-7-8-9-10-11-12-13-14-15-16-20-17-21(23)19(2)22(24)18-20/h15-18,23-24H,3-14H2,1-2H3. The topological polar surface area (TPSA) is 40.5 Å². The van der Waals surface area contributed by atoms with Crippen LogP contribution in [0.4, 0.5) is 0 Å². The van der Waals surface area contributed by atoms with E-state index in [4.69, 9.17) is 0 Å². The van der Waals surface area contributed by atoms with Crippen LogP contribution in [0.3, 0.4) is 0 Å². The number of phenolic OH excluding ortho intramolecular Hbond substituents is 2. The summed E-state index contributed by atoms with van der Waals surface area (Å²) < 4.78 is 0. The highest BCUT2D eigenvalue weighted by molar-refractivity contribution is 5.57. The molecule has 0 saturated heterocycles. The third-order valence-corrected chi connectivity index (χ3v) is 4.66. The van der Waals surface area contributed by atoms with Crippen molar-refractivity contribution in [2.45, 2.75) is 90.9 Å². The molecule has 0 radical (unpaired) electrons. The molecule has 0 aliphatic rings. The first kappa shape index (κ1) is 20.6. The molecule has 0 spiro atoms. The Morgan fingerprint density at radius 3 is 1.71 bits per heavy atom. The molecule has 1 aromatic carbocycles. The van der Waals surface area contributed by atoms with Gasteiger partial charge in [-0.05, 0) is 37.5 Å². The van der Waals surface area contributed by atoms with Gasteiger partial charge in [-0.1, -0.05) is 83.3 Å². The number of phenols is 2. The van der Waals surface area contributed by atoms with E-state index in [1.165, 1.54) is 70.6 Å². The third kappa shape index (κ3) is 9.00. The van der Waals surface area contributed by atoms with Gasteiger partial charge in [-0.15, -0.1) is 0 Å². The van der Waals surface area contributed by atoms with Crippen LogP contribution in [-0.4, -0.2) is 10.2 Å². The maximum Gasteiger partial charge on any atom is 0.122 e. The highest BCUT2D eigenvalue weighted by atomic mass is 16.3. The van der Waals surface area contributed by atoms with Crippen LogP contribution < -0.4 is 0 Å². The quantitative estimate of drug-likeness (QED) is 0.377. The van der Waals surface area contributed by atoms with E-state index >= 15 is 0 Å². The Hall–Kier alpha value is -1.44. The fourth-order valence-corrected chi connectivity index (χ4v) is 2.95. The molecule has 2 nitrogen and oxygen atoms in total. The van der Waals surface area contributed by atoms with E-state index in [1.807, 2.05) is 6.08 Å². The van der Waals surface area contributed by atoms with E-state index < -0.39 is 0 Å². The van der Waals surface area contributed by atoms with Gasteiger partial charge in [0.25, 0.3) is 0 Å². The van der Waals surface area contributed by atoms with Crippen molar-refractivity contribution in [3.05, 3.63) is 29.3 Å². The Labute approximate surface area is 148 Å². The molecule has 0 aromatic heterocycles. The predicted molar refractivity (Wildman–Crippen MR) is 105 cm³/mol. The first-order valence-corrected chi connectivity index (χ1v) is 9.84. The van der Waals surface area contributed by atoms with Crippen LogP contribution in [0, 0.1) is 6.92 Å². The van der Waals surface area contributed by atoms with Crippen molar-refractivity contribution in [1.29, 1.82) is 0 Å². The van der Waals surface area contributed by atoms with Crippen molar-refractivity contribution in [2.24, 2.45) is 0 Å². The minimum Gasteiger partial charge on any atom is -0.508 e. The van der Waals surface area contributed by atoms with Gasteiger partial charge < -0.3 is 10.2 Å². The van der Waals surface area contributed by atoms with Crippen LogP contribution in [-0.2, 0) is 0 Å². The van der Waals surface area contributed by atoms with E-state index in [1.54, 1.807) is 19.1 Å². The number of unbranched alkanes of at least 4 members (excludes halogenated alkanes) is 11. The zero-order valence-electron chi connectivity index (χ0n) is 15.7. The Balaban J connectivity index is 2.00. The summed E-state index contributed by atoms with van der Waals surface area (Å²) in [5.41, 5.74) is 1.40. The molecule has 0 aliphatic carbocycles. The van der Waals surface area contributed by atoms with Gasteiger partial charge in [0.05, 0.1) is 0 Å². The fraction of sp³-hybridized carbons (Fsp3) is 0.636. The third-order valence-electron chi connectivity index (χ3n) is 4.66. The van der Waals surface area contributed by atoms with Crippen molar-refractivity contribution in [3.63, 3.8) is 0 Å². The molecule has 0 unspecified atom stereocenters. The molecular weight excluding hydrogens is 296 g/mol. The predicted octanol–water partition coefficient (Wildman–Crippen LogP) is 7.12. The largest absolute Gasteiger partial charge is 0.508 e. The Morgan fingerprint density at radius 1 is 0.750 bits per heavy atom. The molecule has 24 heavy (non-hydrogen) atoms. The zero-order chi connectivity index (χ0) is 17.6. The Morgan fingerprint density at radius 2 is 1.21 bits per heavy atom. The van der Waals surface area contributed by atoms with Crippen LogP contribution in [0.5, 0.6) is 11.5 Å². The second-order valence-corrected chi connectivity index (χ2v) is 6.91. The lowest BCUT2D eigenvalue weighted by molar-refractivity contribution is 0.443. The zero-order valence-corrected chi connectivity index (χ0v) is 15.7. The number of hydrogen-bond acceptors (Lipinski definition) is 2. The maximum atomic E-state index is 9.69. The average Bonchev–Trinajstić information content (AvgIpc) is 2.56. The second-order valence-electron chi connectivity index (χ2n) is 6.91. The van der Waals surface area contributed by atoms with Gasteiger partial charge in [0.2, 0.25) is 0 Å². The van der Waals surface area contributed by atoms with Gasteiger partial charge in [0, 0.05) is 5.56 Å². The number of hydrogen-bond donors (Lipinski definition) is 2. The summed E-state index contributed by atoms with van der Waals surface area (Å²) >= 11 is 0. The summed E-state index contributed by atoms with van der Waals surface area (Å²) in [6.45, 7) is 3.98. The smallest absolute Gasteiger partial charge is 0.122 e. The summed E-state index contributed by atoms with van der Waals surface area (Å²) in [7, 11) is 0. The average molecular weight is 333 g/mol. The lowest BCUT2D eigenvalue weighted by Gasteiger charge is -2.03. The van der Waals surface area contributed by atoms with E-state index in [9.17, 15) is 10.2 Å². The van der Waals surface area contributed by atoms with Gasteiger partial charge in [-0.3, -0.25) is 0 Å². The van der Waals surface area contributed by atoms with Crippen molar-refractivity contribution in [1.82, 2.24) is 0 Å². The van der Waals surface area contributed by atoms with Crippen LogP contribution in [0.2, 0.25) is 0 Å². The molecule has 0 amide bonds. The highest BCUT2D eigenvalue weighted by Gasteiger charge is 2.02. The maximum absolute atomic E-state index is 9.69. The van der Waals surface area contributed by atoms with E-state index in [0.717, 1.165) is 12.0 Å². The SMILES string of the molecule is CCCCCCCCCCCCCC=Cc1cc(O)c(C)c(O)c1. The monoisotopic (exact) mass is 332 g/mol. The number of aromatic hydroxyl groups is 2. The molecule has 0 aliphatic heterocycles. The first-order chi connectivity index (χ1) is 11.6. The van der Waals surface area contributed by atoms with Gasteiger partial charge in [0.1, 0.15) is 11.5 Å². The van der Waals surface area contributed by atoms with Crippen LogP contribution >= 0.6 is 0 Å². The number of rotatable bonds is 13. The molecule has 2 N–H and O–H groups in total. The Bertz CT molecular complexity index is 454. The van der Waals surface area contributed by atoms with Crippen molar-refractivity contribution in [3.8, 4) is 11.5 Å². The molecule has 0 saturated carbocycles. The molecule has 136 valence electrons. The van der Waals surface area contributed by atoms with E-state index in [-0.39, 0.29) is 11.5 Å².